The fourth-order valence-electron chi connectivity index (χ4n) is 2.87. The van der Waals surface area contributed by atoms with Gasteiger partial charge in [0.05, 0.1) is 12.5 Å². The second-order valence-electron chi connectivity index (χ2n) is 5.89. The van der Waals surface area contributed by atoms with Crippen LogP contribution < -0.4 is 0 Å². The number of piperidine rings is 1. The second-order valence-corrected chi connectivity index (χ2v) is 8.28. The molecule has 23 heavy (non-hydrogen) atoms. The molecule has 1 unspecified atom stereocenters. The lowest BCUT2D eigenvalue weighted by atomic mass is 10.00. The first-order valence-corrected chi connectivity index (χ1v) is 9.79. The Balaban J connectivity index is 1.73. The van der Waals surface area contributed by atoms with Gasteiger partial charge >= 0.3 is 0 Å². The number of nitrogens with zero attached hydrogens (tertiary/aromatic N) is 2. The third-order valence-corrected chi connectivity index (χ3v) is 5.73. The number of hydrogen-bond donors (Lipinski definition) is 0. The Kier molecular flexibility index (Phi) is 4.75. The molecule has 1 aliphatic heterocycles. The predicted molar refractivity (Wildman–Crippen MR) is 89.2 cm³/mol. The van der Waals surface area contributed by atoms with Gasteiger partial charge in [-0.3, -0.25) is 0 Å². The van der Waals surface area contributed by atoms with Crippen molar-refractivity contribution < 1.29 is 12.8 Å². The van der Waals surface area contributed by atoms with Crippen LogP contribution in [0.1, 0.15) is 36.0 Å². The average molecular weight is 355 g/mol. The van der Waals surface area contributed by atoms with E-state index < -0.39 is 10.0 Å². The Morgan fingerprint density at radius 3 is 2.91 bits per heavy atom. The van der Waals surface area contributed by atoms with Gasteiger partial charge < -0.3 is 4.42 Å². The lowest BCUT2D eigenvalue weighted by Crippen LogP contribution is -2.38. The maximum absolute atomic E-state index is 11.7. The largest absolute Gasteiger partial charge is 0.445 e. The maximum atomic E-state index is 11.7. The van der Waals surface area contributed by atoms with E-state index in [1.165, 1.54) is 10.6 Å². The van der Waals surface area contributed by atoms with E-state index in [1.807, 2.05) is 24.3 Å². The van der Waals surface area contributed by atoms with Gasteiger partial charge in [0.15, 0.2) is 5.89 Å². The van der Waals surface area contributed by atoms with Crippen molar-refractivity contribution in [3.8, 4) is 0 Å². The molecule has 5 nitrogen and oxygen atoms in total. The van der Waals surface area contributed by atoms with E-state index in [-0.39, 0.29) is 5.92 Å². The standard InChI is InChI=1S/C16H19ClN2O3S/c1-23(20,21)19-8-4-6-13(11-19)16-18-10-14(22-16)9-12-5-2-3-7-15(12)17/h2-3,5,7,10,13H,4,6,8-9,11H2,1H3. The van der Waals surface area contributed by atoms with Crippen molar-refractivity contribution >= 4 is 21.6 Å². The molecule has 0 spiro atoms. The fourth-order valence-corrected chi connectivity index (χ4v) is 3.98. The van der Waals surface area contributed by atoms with Crippen LogP contribution in [0.15, 0.2) is 34.9 Å². The van der Waals surface area contributed by atoms with E-state index in [0.29, 0.717) is 30.4 Å². The molecule has 2 aromatic rings. The highest BCUT2D eigenvalue weighted by Crippen LogP contribution is 2.28. The highest BCUT2D eigenvalue weighted by Gasteiger charge is 2.29. The van der Waals surface area contributed by atoms with Gasteiger partial charge in [-0.1, -0.05) is 29.8 Å². The Morgan fingerprint density at radius 1 is 1.39 bits per heavy atom. The Bertz CT molecular complexity index is 788. The topological polar surface area (TPSA) is 63.4 Å². The van der Waals surface area contributed by atoms with Gasteiger partial charge in [-0.2, -0.15) is 0 Å². The SMILES string of the molecule is CS(=O)(=O)N1CCCC(c2ncc(Cc3ccccc3Cl)o2)C1. The molecule has 124 valence electrons. The Labute approximate surface area is 141 Å². The summed E-state index contributed by atoms with van der Waals surface area (Å²) in [6.45, 7) is 1.01. The van der Waals surface area contributed by atoms with E-state index in [1.54, 1.807) is 6.20 Å². The van der Waals surface area contributed by atoms with Crippen molar-refractivity contribution in [1.29, 1.82) is 0 Å². The molecule has 7 heteroatoms. The first kappa shape index (κ1) is 16.5. The van der Waals surface area contributed by atoms with Gasteiger partial charge in [0.1, 0.15) is 5.76 Å². The molecule has 2 heterocycles. The van der Waals surface area contributed by atoms with E-state index in [4.69, 9.17) is 16.0 Å². The van der Waals surface area contributed by atoms with Crippen molar-refractivity contribution in [2.45, 2.75) is 25.2 Å². The van der Waals surface area contributed by atoms with Crippen LogP contribution in [-0.4, -0.2) is 37.1 Å². The highest BCUT2D eigenvalue weighted by atomic mass is 35.5. The van der Waals surface area contributed by atoms with Crippen LogP contribution in [0.5, 0.6) is 0 Å². The summed E-state index contributed by atoms with van der Waals surface area (Å²) in [5.74, 6) is 1.36. The second kappa shape index (κ2) is 6.63. The van der Waals surface area contributed by atoms with Crippen molar-refractivity contribution in [3.05, 3.63) is 52.7 Å². The number of sulfonamides is 1. The molecule has 0 bridgehead atoms. The first-order valence-electron chi connectivity index (χ1n) is 7.56. The van der Waals surface area contributed by atoms with Crippen molar-refractivity contribution in [2.75, 3.05) is 19.3 Å². The molecule has 0 aliphatic carbocycles. The zero-order valence-corrected chi connectivity index (χ0v) is 14.5. The number of oxazole rings is 1. The normalized spacial score (nSPS) is 19.8. The number of rotatable bonds is 4. The highest BCUT2D eigenvalue weighted by molar-refractivity contribution is 7.88. The van der Waals surface area contributed by atoms with Crippen LogP contribution in [0.25, 0.3) is 0 Å². The van der Waals surface area contributed by atoms with Crippen LogP contribution in [-0.2, 0) is 16.4 Å². The summed E-state index contributed by atoms with van der Waals surface area (Å²) in [5, 5.41) is 0.700. The molecule has 1 aromatic heterocycles. The molecule has 0 amide bonds. The smallest absolute Gasteiger partial charge is 0.211 e. The van der Waals surface area contributed by atoms with E-state index >= 15 is 0 Å². The molecule has 1 atom stereocenters. The third-order valence-electron chi connectivity index (χ3n) is 4.10. The van der Waals surface area contributed by atoms with Crippen LogP contribution in [0.3, 0.4) is 0 Å². The molecular formula is C16H19ClN2O3S. The predicted octanol–water partition coefficient (Wildman–Crippen LogP) is 3.06. The monoisotopic (exact) mass is 354 g/mol. The van der Waals surface area contributed by atoms with Crippen LogP contribution in [0.2, 0.25) is 5.02 Å². The quantitative estimate of drug-likeness (QED) is 0.846. The van der Waals surface area contributed by atoms with Gasteiger partial charge in [0.25, 0.3) is 0 Å². The zero-order valence-electron chi connectivity index (χ0n) is 12.9. The zero-order chi connectivity index (χ0) is 16.4. The van der Waals surface area contributed by atoms with Crippen molar-refractivity contribution in [2.24, 2.45) is 0 Å². The average Bonchev–Trinajstić information content (AvgIpc) is 2.98. The number of halogens is 1. The minimum absolute atomic E-state index is 0.0125. The van der Waals surface area contributed by atoms with E-state index in [9.17, 15) is 8.42 Å². The molecule has 1 aromatic carbocycles. The van der Waals surface area contributed by atoms with Crippen LogP contribution in [0.4, 0.5) is 0 Å². The van der Waals surface area contributed by atoms with Gasteiger partial charge in [-0.05, 0) is 24.5 Å². The molecule has 0 radical (unpaired) electrons. The van der Waals surface area contributed by atoms with Gasteiger partial charge in [-0.15, -0.1) is 0 Å². The van der Waals surface area contributed by atoms with E-state index in [2.05, 4.69) is 4.98 Å². The van der Waals surface area contributed by atoms with Gasteiger partial charge in [0.2, 0.25) is 10.0 Å². The maximum Gasteiger partial charge on any atom is 0.211 e. The Morgan fingerprint density at radius 2 is 2.17 bits per heavy atom. The van der Waals surface area contributed by atoms with Gasteiger partial charge in [0, 0.05) is 30.5 Å². The Hall–Kier alpha value is -1.37. The first-order chi connectivity index (χ1) is 10.9. The summed E-state index contributed by atoms with van der Waals surface area (Å²) in [5.41, 5.74) is 0.985. The molecule has 0 saturated carbocycles. The van der Waals surface area contributed by atoms with Gasteiger partial charge in [-0.25, -0.2) is 17.7 Å². The summed E-state index contributed by atoms with van der Waals surface area (Å²) < 4.78 is 30.8. The minimum atomic E-state index is -3.17. The summed E-state index contributed by atoms with van der Waals surface area (Å²) in [4.78, 5) is 4.35. The van der Waals surface area contributed by atoms with Crippen LogP contribution >= 0.6 is 11.6 Å². The summed E-state index contributed by atoms with van der Waals surface area (Å²) in [6.07, 6.45) is 5.24. The molecular weight excluding hydrogens is 336 g/mol. The molecule has 3 rings (SSSR count). The molecule has 1 saturated heterocycles. The van der Waals surface area contributed by atoms with E-state index in [0.717, 1.165) is 24.2 Å². The molecule has 1 fully saturated rings. The lowest BCUT2D eigenvalue weighted by molar-refractivity contribution is 0.283. The summed E-state index contributed by atoms with van der Waals surface area (Å²) in [7, 11) is -3.17. The molecule has 0 N–H and O–H groups in total. The number of aromatic nitrogens is 1. The number of hydrogen-bond acceptors (Lipinski definition) is 4. The molecule has 1 aliphatic rings. The third kappa shape index (κ3) is 3.94. The summed E-state index contributed by atoms with van der Waals surface area (Å²) in [6, 6.07) is 7.62. The fraction of sp³-hybridized carbons (Fsp3) is 0.438. The minimum Gasteiger partial charge on any atom is -0.445 e. The van der Waals surface area contributed by atoms with Crippen LogP contribution in [0, 0.1) is 0 Å². The summed E-state index contributed by atoms with van der Waals surface area (Å²) >= 11 is 6.16. The number of benzene rings is 1. The lowest BCUT2D eigenvalue weighted by Gasteiger charge is -2.29. The van der Waals surface area contributed by atoms with Crippen molar-refractivity contribution in [1.82, 2.24) is 9.29 Å². The van der Waals surface area contributed by atoms with Crippen molar-refractivity contribution in [3.63, 3.8) is 0 Å².